The molecule has 0 aromatic carbocycles. The van der Waals surface area contributed by atoms with E-state index in [0.717, 1.165) is 4.90 Å². The van der Waals surface area contributed by atoms with Crippen LogP contribution >= 0.6 is 0 Å². The first-order valence-corrected chi connectivity index (χ1v) is 4.33. The molecule has 0 unspecified atom stereocenters. The van der Waals surface area contributed by atoms with Crippen LogP contribution in [-0.2, 0) is 9.59 Å². The summed E-state index contributed by atoms with van der Waals surface area (Å²) in [5.41, 5.74) is 5.15. The molecule has 0 radical (unpaired) electrons. The van der Waals surface area contributed by atoms with Crippen molar-refractivity contribution in [1.82, 2.24) is 10.2 Å². The predicted octanol–water partition coefficient (Wildman–Crippen LogP) is -0.952. The Kier molecular flexibility index (Phi) is 2.73. The standard InChI is InChI=1S/C8H13N3O3/c1-4(2)6(7(9)13)11-3-5(12)10-8(11)14/h4,6H,3H2,1-2H3,(H2,9,13)(H,10,12,14)/t6-/m0/s1. The average Bonchev–Trinajstić information content (AvgIpc) is 2.29. The Bertz CT molecular complexity index is 288. The molecule has 0 saturated carbocycles. The van der Waals surface area contributed by atoms with Gasteiger partial charge in [-0.05, 0) is 5.92 Å². The molecule has 1 saturated heterocycles. The molecule has 3 N–H and O–H groups in total. The molecule has 0 bridgehead atoms. The van der Waals surface area contributed by atoms with Crippen LogP contribution in [0.1, 0.15) is 13.8 Å². The first-order valence-electron chi connectivity index (χ1n) is 4.33. The minimum atomic E-state index is -0.721. The molecule has 0 aromatic rings. The van der Waals surface area contributed by atoms with Gasteiger partial charge in [0.1, 0.15) is 12.6 Å². The van der Waals surface area contributed by atoms with Crippen LogP contribution in [0.25, 0.3) is 0 Å². The molecule has 0 spiro atoms. The number of carbonyl (C=O) groups is 3. The fourth-order valence-corrected chi connectivity index (χ4v) is 1.52. The summed E-state index contributed by atoms with van der Waals surface area (Å²) in [7, 11) is 0. The first-order chi connectivity index (χ1) is 6.43. The van der Waals surface area contributed by atoms with Crippen molar-refractivity contribution in [2.75, 3.05) is 6.54 Å². The Hall–Kier alpha value is -1.59. The van der Waals surface area contributed by atoms with Crippen LogP contribution in [0.5, 0.6) is 0 Å². The Balaban J connectivity index is 2.84. The van der Waals surface area contributed by atoms with E-state index in [-0.39, 0.29) is 12.5 Å². The van der Waals surface area contributed by atoms with Crippen molar-refractivity contribution in [3.8, 4) is 0 Å². The van der Waals surface area contributed by atoms with Gasteiger partial charge < -0.3 is 10.6 Å². The van der Waals surface area contributed by atoms with E-state index in [0.29, 0.717) is 0 Å². The summed E-state index contributed by atoms with van der Waals surface area (Å²) in [6.45, 7) is 3.45. The number of imide groups is 1. The maximum absolute atomic E-state index is 11.2. The quantitative estimate of drug-likeness (QED) is 0.574. The highest BCUT2D eigenvalue weighted by Gasteiger charge is 2.37. The van der Waals surface area contributed by atoms with Gasteiger partial charge in [0.2, 0.25) is 11.8 Å². The molecule has 6 heteroatoms. The number of amides is 4. The zero-order valence-corrected chi connectivity index (χ0v) is 8.11. The van der Waals surface area contributed by atoms with Crippen LogP contribution in [0.4, 0.5) is 4.79 Å². The van der Waals surface area contributed by atoms with Crippen molar-refractivity contribution in [2.24, 2.45) is 11.7 Å². The summed E-state index contributed by atoms with van der Waals surface area (Å²) < 4.78 is 0. The number of nitrogens with two attached hydrogens (primary N) is 1. The zero-order valence-electron chi connectivity index (χ0n) is 8.11. The minimum Gasteiger partial charge on any atom is -0.368 e. The maximum Gasteiger partial charge on any atom is 0.325 e. The molecule has 1 aliphatic rings. The maximum atomic E-state index is 11.2. The number of hydrogen-bond donors (Lipinski definition) is 2. The number of primary amides is 1. The van der Waals surface area contributed by atoms with Gasteiger partial charge in [-0.15, -0.1) is 0 Å². The monoisotopic (exact) mass is 199 g/mol. The summed E-state index contributed by atoms with van der Waals surface area (Å²) in [6.07, 6.45) is 0. The topological polar surface area (TPSA) is 92.5 Å². The molecule has 78 valence electrons. The van der Waals surface area contributed by atoms with E-state index >= 15 is 0 Å². The van der Waals surface area contributed by atoms with E-state index in [4.69, 9.17) is 5.73 Å². The molecular weight excluding hydrogens is 186 g/mol. The molecule has 1 heterocycles. The lowest BCUT2D eigenvalue weighted by atomic mass is 10.0. The second-order valence-electron chi connectivity index (χ2n) is 3.57. The minimum absolute atomic E-state index is 0.0926. The summed E-state index contributed by atoms with van der Waals surface area (Å²) in [6, 6.07) is -1.27. The van der Waals surface area contributed by atoms with Gasteiger partial charge in [0.05, 0.1) is 0 Å². The number of rotatable bonds is 3. The summed E-state index contributed by atoms with van der Waals surface area (Å²) in [5, 5.41) is 2.10. The predicted molar refractivity (Wildman–Crippen MR) is 48.1 cm³/mol. The molecule has 1 aliphatic heterocycles. The first kappa shape index (κ1) is 10.5. The third kappa shape index (κ3) is 1.84. The highest BCUT2D eigenvalue weighted by atomic mass is 16.2. The number of nitrogens with zero attached hydrogens (tertiary/aromatic N) is 1. The molecule has 0 aromatic heterocycles. The van der Waals surface area contributed by atoms with Crippen molar-refractivity contribution < 1.29 is 14.4 Å². The van der Waals surface area contributed by atoms with Crippen LogP contribution in [0.3, 0.4) is 0 Å². The SMILES string of the molecule is CC(C)[C@@H](C(N)=O)N1CC(=O)NC1=O. The highest BCUT2D eigenvalue weighted by Crippen LogP contribution is 2.13. The van der Waals surface area contributed by atoms with E-state index in [2.05, 4.69) is 5.32 Å². The fourth-order valence-electron chi connectivity index (χ4n) is 1.52. The van der Waals surface area contributed by atoms with Crippen LogP contribution in [0.2, 0.25) is 0 Å². The summed E-state index contributed by atoms with van der Waals surface area (Å²) in [4.78, 5) is 34.3. The Morgan fingerprint density at radius 1 is 1.50 bits per heavy atom. The van der Waals surface area contributed by atoms with Crippen molar-refractivity contribution in [1.29, 1.82) is 0 Å². The molecule has 14 heavy (non-hydrogen) atoms. The Labute approximate surface area is 81.4 Å². The lowest BCUT2D eigenvalue weighted by molar-refractivity contribution is -0.124. The van der Waals surface area contributed by atoms with Gasteiger partial charge in [-0.2, -0.15) is 0 Å². The molecule has 6 nitrogen and oxygen atoms in total. The van der Waals surface area contributed by atoms with Crippen LogP contribution < -0.4 is 11.1 Å². The van der Waals surface area contributed by atoms with Gasteiger partial charge in [0.15, 0.2) is 0 Å². The Morgan fingerprint density at radius 2 is 2.07 bits per heavy atom. The van der Waals surface area contributed by atoms with Gasteiger partial charge in [0.25, 0.3) is 0 Å². The van der Waals surface area contributed by atoms with E-state index in [1.165, 1.54) is 0 Å². The van der Waals surface area contributed by atoms with Gasteiger partial charge in [-0.3, -0.25) is 14.9 Å². The molecule has 0 aliphatic carbocycles. The lowest BCUT2D eigenvalue weighted by Gasteiger charge is -2.26. The molecule has 1 atom stereocenters. The van der Waals surface area contributed by atoms with Gasteiger partial charge >= 0.3 is 6.03 Å². The van der Waals surface area contributed by atoms with Crippen molar-refractivity contribution in [2.45, 2.75) is 19.9 Å². The van der Waals surface area contributed by atoms with Gasteiger partial charge in [-0.1, -0.05) is 13.8 Å². The van der Waals surface area contributed by atoms with Gasteiger partial charge in [0, 0.05) is 0 Å². The highest BCUT2D eigenvalue weighted by molar-refractivity contribution is 6.03. The molecular formula is C8H13N3O3. The summed E-state index contributed by atoms with van der Waals surface area (Å²) in [5.74, 6) is -1.10. The average molecular weight is 199 g/mol. The second-order valence-corrected chi connectivity index (χ2v) is 3.57. The number of carbonyl (C=O) groups excluding carboxylic acids is 3. The van der Waals surface area contributed by atoms with E-state index in [1.807, 2.05) is 0 Å². The third-order valence-corrected chi connectivity index (χ3v) is 2.08. The molecule has 1 fully saturated rings. The van der Waals surface area contributed by atoms with Crippen LogP contribution in [-0.4, -0.2) is 35.3 Å². The number of nitrogens with one attached hydrogen (secondary N) is 1. The second kappa shape index (κ2) is 3.65. The van der Waals surface area contributed by atoms with Crippen molar-refractivity contribution in [3.63, 3.8) is 0 Å². The van der Waals surface area contributed by atoms with Crippen molar-refractivity contribution >= 4 is 17.8 Å². The number of urea groups is 1. The van der Waals surface area contributed by atoms with Crippen LogP contribution in [0, 0.1) is 5.92 Å². The van der Waals surface area contributed by atoms with Gasteiger partial charge in [-0.25, -0.2) is 4.79 Å². The molecule has 1 rings (SSSR count). The van der Waals surface area contributed by atoms with E-state index in [1.54, 1.807) is 13.8 Å². The normalized spacial score (nSPS) is 18.6. The van der Waals surface area contributed by atoms with Crippen molar-refractivity contribution in [3.05, 3.63) is 0 Å². The fraction of sp³-hybridized carbons (Fsp3) is 0.625. The smallest absolute Gasteiger partial charge is 0.325 e. The Morgan fingerprint density at radius 3 is 2.36 bits per heavy atom. The third-order valence-electron chi connectivity index (χ3n) is 2.08. The van der Waals surface area contributed by atoms with Crippen LogP contribution in [0.15, 0.2) is 0 Å². The number of hydrogen-bond acceptors (Lipinski definition) is 3. The summed E-state index contributed by atoms with van der Waals surface area (Å²) >= 11 is 0. The lowest BCUT2D eigenvalue weighted by Crippen LogP contribution is -2.49. The zero-order chi connectivity index (χ0) is 10.9. The van der Waals surface area contributed by atoms with E-state index in [9.17, 15) is 14.4 Å². The van der Waals surface area contributed by atoms with E-state index < -0.39 is 23.9 Å². The largest absolute Gasteiger partial charge is 0.368 e. The molecule has 4 amide bonds.